The van der Waals surface area contributed by atoms with E-state index in [-0.39, 0.29) is 0 Å². The number of hydrogen-bond acceptors (Lipinski definition) is 7. The summed E-state index contributed by atoms with van der Waals surface area (Å²) in [6.07, 6.45) is 5.53. The third-order valence-corrected chi connectivity index (χ3v) is 5.81. The molecule has 31 heavy (non-hydrogen) atoms. The zero-order valence-electron chi connectivity index (χ0n) is 18.4. The monoisotopic (exact) mass is 417 g/mol. The van der Waals surface area contributed by atoms with E-state index in [2.05, 4.69) is 57.1 Å². The van der Waals surface area contributed by atoms with Gasteiger partial charge in [0.2, 0.25) is 5.95 Å². The predicted molar refractivity (Wildman–Crippen MR) is 127 cm³/mol. The van der Waals surface area contributed by atoms with Crippen LogP contribution in [0.3, 0.4) is 0 Å². The molecule has 0 unspecified atom stereocenters. The first-order valence-corrected chi connectivity index (χ1v) is 10.9. The average Bonchev–Trinajstić information content (AvgIpc) is 2.83. The molecule has 0 radical (unpaired) electrons. The number of pyridine rings is 1. The minimum atomic E-state index is 0.664. The normalized spacial score (nSPS) is 14.6. The Hall–Kier alpha value is -3.03. The smallest absolute Gasteiger partial charge is 0.230 e. The van der Waals surface area contributed by atoms with Crippen LogP contribution in [0.2, 0.25) is 0 Å². The third kappa shape index (κ3) is 5.18. The molecule has 2 N–H and O–H groups in total. The molecule has 2 aromatic heterocycles. The van der Waals surface area contributed by atoms with E-state index in [1.807, 2.05) is 30.3 Å². The van der Waals surface area contributed by atoms with Gasteiger partial charge in [-0.25, -0.2) is 9.97 Å². The highest BCUT2D eigenvalue weighted by Crippen LogP contribution is 2.26. The van der Waals surface area contributed by atoms with Crippen molar-refractivity contribution in [2.45, 2.75) is 12.8 Å². The fourth-order valence-corrected chi connectivity index (χ4v) is 3.75. The summed E-state index contributed by atoms with van der Waals surface area (Å²) >= 11 is 0. The maximum Gasteiger partial charge on any atom is 0.230 e. The number of nitrogens with two attached hydrogens (primary N) is 1. The summed E-state index contributed by atoms with van der Waals surface area (Å²) in [7, 11) is 4.17. The molecule has 0 bridgehead atoms. The largest absolute Gasteiger partial charge is 0.369 e. The lowest BCUT2D eigenvalue weighted by molar-refractivity contribution is 0.313. The van der Waals surface area contributed by atoms with E-state index in [1.54, 1.807) is 6.20 Å². The Morgan fingerprint density at radius 3 is 2.42 bits per heavy atom. The zero-order chi connectivity index (χ0) is 21.6. The molecule has 3 heterocycles. The van der Waals surface area contributed by atoms with E-state index >= 15 is 0 Å². The SMILES string of the molecule is CN1CCN(c2ccc(N(C)c3nccc(-c4ccc(CCCN)nc4)n3)cc2)CC1. The molecule has 0 spiro atoms. The van der Waals surface area contributed by atoms with Gasteiger partial charge in [-0.15, -0.1) is 0 Å². The van der Waals surface area contributed by atoms with Gasteiger partial charge in [0.1, 0.15) is 0 Å². The Labute approximate surface area is 184 Å². The van der Waals surface area contributed by atoms with Crippen LogP contribution in [0.5, 0.6) is 0 Å². The van der Waals surface area contributed by atoms with Crippen molar-refractivity contribution in [2.75, 3.05) is 56.6 Å². The number of aryl methyl sites for hydroxylation is 1. The lowest BCUT2D eigenvalue weighted by Gasteiger charge is -2.34. The molecule has 0 aliphatic carbocycles. The summed E-state index contributed by atoms with van der Waals surface area (Å²) in [5, 5.41) is 0. The van der Waals surface area contributed by atoms with Gasteiger partial charge in [-0.2, -0.15) is 0 Å². The maximum atomic E-state index is 5.59. The van der Waals surface area contributed by atoms with E-state index in [9.17, 15) is 0 Å². The van der Waals surface area contributed by atoms with Gasteiger partial charge in [0.15, 0.2) is 0 Å². The number of aromatic nitrogens is 3. The second-order valence-corrected chi connectivity index (χ2v) is 8.04. The summed E-state index contributed by atoms with van der Waals surface area (Å²) in [6, 6.07) is 14.7. The van der Waals surface area contributed by atoms with Crippen LogP contribution in [-0.4, -0.2) is 66.7 Å². The number of anilines is 3. The fourth-order valence-electron chi connectivity index (χ4n) is 3.75. The summed E-state index contributed by atoms with van der Waals surface area (Å²) in [4.78, 5) is 20.6. The van der Waals surface area contributed by atoms with Crippen molar-refractivity contribution >= 4 is 17.3 Å². The van der Waals surface area contributed by atoms with E-state index in [4.69, 9.17) is 10.7 Å². The van der Waals surface area contributed by atoms with Gasteiger partial charge >= 0.3 is 0 Å². The van der Waals surface area contributed by atoms with Crippen molar-refractivity contribution in [1.29, 1.82) is 0 Å². The number of nitrogens with zero attached hydrogens (tertiary/aromatic N) is 6. The first-order valence-electron chi connectivity index (χ1n) is 10.9. The van der Waals surface area contributed by atoms with Crippen LogP contribution in [0.25, 0.3) is 11.3 Å². The Morgan fingerprint density at radius 2 is 1.74 bits per heavy atom. The maximum absolute atomic E-state index is 5.59. The van der Waals surface area contributed by atoms with Crippen molar-refractivity contribution in [3.8, 4) is 11.3 Å². The highest BCUT2D eigenvalue weighted by atomic mass is 15.3. The first kappa shape index (κ1) is 21.2. The molecule has 0 amide bonds. The molecule has 1 aliphatic rings. The van der Waals surface area contributed by atoms with Crippen LogP contribution in [0.4, 0.5) is 17.3 Å². The van der Waals surface area contributed by atoms with E-state index in [0.29, 0.717) is 12.5 Å². The second kappa shape index (κ2) is 9.85. The highest BCUT2D eigenvalue weighted by molar-refractivity contribution is 5.64. The molecule has 0 saturated carbocycles. The molecule has 1 saturated heterocycles. The molecule has 0 atom stereocenters. The Kier molecular flexibility index (Phi) is 6.74. The van der Waals surface area contributed by atoms with Gasteiger partial charge in [0.05, 0.1) is 5.69 Å². The van der Waals surface area contributed by atoms with Crippen LogP contribution in [0, 0.1) is 0 Å². The van der Waals surface area contributed by atoms with Crippen molar-refractivity contribution in [3.05, 3.63) is 60.6 Å². The van der Waals surface area contributed by atoms with Crippen molar-refractivity contribution in [2.24, 2.45) is 5.73 Å². The second-order valence-electron chi connectivity index (χ2n) is 8.04. The topological polar surface area (TPSA) is 74.4 Å². The molecular weight excluding hydrogens is 386 g/mol. The standard InChI is InChI=1S/C24H31N7/c1-29-14-16-31(17-15-29)22-9-7-21(8-10-22)30(2)24-26-13-11-23(28-24)19-5-6-20(27-18-19)4-3-12-25/h5-11,13,18H,3-4,12,14-17,25H2,1-2H3. The molecule has 1 aromatic carbocycles. The molecule has 1 fully saturated rings. The third-order valence-electron chi connectivity index (χ3n) is 5.81. The number of hydrogen-bond donors (Lipinski definition) is 1. The van der Waals surface area contributed by atoms with Crippen LogP contribution in [0.15, 0.2) is 54.9 Å². The molecule has 7 nitrogen and oxygen atoms in total. The first-order chi connectivity index (χ1) is 15.1. The Balaban J connectivity index is 1.47. The Morgan fingerprint density at radius 1 is 0.968 bits per heavy atom. The number of rotatable bonds is 7. The summed E-state index contributed by atoms with van der Waals surface area (Å²) < 4.78 is 0. The molecule has 4 rings (SSSR count). The molecule has 3 aromatic rings. The van der Waals surface area contributed by atoms with Gasteiger partial charge in [-0.05, 0) is 68.9 Å². The lowest BCUT2D eigenvalue weighted by atomic mass is 10.1. The molecule has 162 valence electrons. The minimum absolute atomic E-state index is 0.664. The Bertz CT molecular complexity index is 964. The van der Waals surface area contributed by atoms with Gasteiger partial charge < -0.3 is 20.4 Å². The van der Waals surface area contributed by atoms with Crippen molar-refractivity contribution < 1.29 is 0 Å². The van der Waals surface area contributed by atoms with Crippen molar-refractivity contribution in [3.63, 3.8) is 0 Å². The summed E-state index contributed by atoms with van der Waals surface area (Å²) in [5.74, 6) is 0.664. The highest BCUT2D eigenvalue weighted by Gasteiger charge is 2.15. The number of piperazine rings is 1. The van der Waals surface area contributed by atoms with E-state index < -0.39 is 0 Å². The molecule has 1 aliphatic heterocycles. The van der Waals surface area contributed by atoms with Crippen molar-refractivity contribution in [1.82, 2.24) is 19.9 Å². The van der Waals surface area contributed by atoms with Gasteiger partial charge in [0.25, 0.3) is 0 Å². The molecular formula is C24H31N7. The quantitative estimate of drug-likeness (QED) is 0.633. The summed E-state index contributed by atoms with van der Waals surface area (Å²) in [6.45, 7) is 5.02. The number of benzene rings is 1. The number of likely N-dealkylation sites (N-methyl/N-ethyl adjacent to an activating group) is 1. The van der Waals surface area contributed by atoms with Gasteiger partial charge in [-0.3, -0.25) is 4.98 Å². The zero-order valence-corrected chi connectivity index (χ0v) is 18.4. The van der Waals surface area contributed by atoms with Crippen LogP contribution >= 0.6 is 0 Å². The summed E-state index contributed by atoms with van der Waals surface area (Å²) in [5.41, 5.74) is 10.8. The lowest BCUT2D eigenvalue weighted by Crippen LogP contribution is -2.44. The van der Waals surface area contributed by atoms with E-state index in [0.717, 1.165) is 61.7 Å². The molecule has 7 heteroatoms. The van der Waals surface area contributed by atoms with Crippen LogP contribution < -0.4 is 15.5 Å². The van der Waals surface area contributed by atoms with Crippen LogP contribution in [0.1, 0.15) is 12.1 Å². The average molecular weight is 418 g/mol. The predicted octanol–water partition coefficient (Wildman–Crippen LogP) is 2.95. The van der Waals surface area contributed by atoms with Crippen LogP contribution in [-0.2, 0) is 6.42 Å². The van der Waals surface area contributed by atoms with E-state index in [1.165, 1.54) is 5.69 Å². The van der Waals surface area contributed by atoms with Gasteiger partial charge in [-0.1, -0.05) is 0 Å². The van der Waals surface area contributed by atoms with Gasteiger partial charge in [0, 0.05) is 68.3 Å². The fraction of sp³-hybridized carbons (Fsp3) is 0.375. The minimum Gasteiger partial charge on any atom is -0.369 e.